The summed E-state index contributed by atoms with van der Waals surface area (Å²) in [7, 11) is 0. The van der Waals surface area contributed by atoms with E-state index in [1.165, 1.54) is 6.07 Å². The average molecular weight is 482 g/mol. The van der Waals surface area contributed by atoms with Crippen molar-refractivity contribution in [3.05, 3.63) is 65.1 Å². The summed E-state index contributed by atoms with van der Waals surface area (Å²) >= 11 is 6.20. The molecule has 0 spiro atoms. The van der Waals surface area contributed by atoms with Crippen molar-refractivity contribution in [2.45, 2.75) is 44.9 Å². The van der Waals surface area contributed by atoms with Crippen molar-refractivity contribution < 1.29 is 18.7 Å². The Labute approximate surface area is 202 Å². The van der Waals surface area contributed by atoms with E-state index in [0.717, 1.165) is 11.8 Å². The first-order valence-corrected chi connectivity index (χ1v) is 11.6. The number of rotatable bonds is 2. The van der Waals surface area contributed by atoms with Gasteiger partial charge in [0.05, 0.1) is 22.6 Å². The Morgan fingerprint density at radius 3 is 2.50 bits per heavy atom. The highest BCUT2D eigenvalue weighted by molar-refractivity contribution is 6.35. The van der Waals surface area contributed by atoms with Gasteiger partial charge in [-0.2, -0.15) is 0 Å². The van der Waals surface area contributed by atoms with Crippen LogP contribution in [0.1, 0.15) is 37.6 Å². The Morgan fingerprint density at radius 1 is 1.09 bits per heavy atom. The Balaban J connectivity index is 1.32. The predicted octanol–water partition coefficient (Wildman–Crippen LogP) is 5.53. The van der Waals surface area contributed by atoms with Crippen molar-refractivity contribution in [1.82, 2.24) is 14.8 Å². The van der Waals surface area contributed by atoms with Crippen molar-refractivity contribution in [2.75, 3.05) is 13.1 Å². The fourth-order valence-electron chi connectivity index (χ4n) is 4.73. The first kappa shape index (κ1) is 22.6. The summed E-state index contributed by atoms with van der Waals surface area (Å²) in [4.78, 5) is 33.3. The molecule has 176 valence electrons. The van der Waals surface area contributed by atoms with Crippen LogP contribution in [-0.2, 0) is 4.74 Å². The highest BCUT2D eigenvalue weighted by Gasteiger charge is 2.49. The third-order valence-corrected chi connectivity index (χ3v) is 6.63. The van der Waals surface area contributed by atoms with Crippen LogP contribution in [0.25, 0.3) is 22.0 Å². The maximum absolute atomic E-state index is 15.1. The van der Waals surface area contributed by atoms with Gasteiger partial charge in [0, 0.05) is 35.8 Å². The number of piperazine rings is 1. The first-order valence-electron chi connectivity index (χ1n) is 11.3. The van der Waals surface area contributed by atoms with Crippen LogP contribution in [0.4, 0.5) is 9.18 Å². The Morgan fingerprint density at radius 2 is 1.82 bits per heavy atom. The fourth-order valence-corrected chi connectivity index (χ4v) is 4.95. The lowest BCUT2D eigenvalue weighted by atomic mass is 9.86. The molecule has 3 saturated heterocycles. The molecule has 0 radical (unpaired) electrons. The molecule has 0 aliphatic carbocycles. The molecule has 2 atom stereocenters. The van der Waals surface area contributed by atoms with Crippen molar-refractivity contribution in [1.29, 1.82) is 0 Å². The maximum Gasteiger partial charge on any atom is 0.410 e. The number of carbonyl (C=O) groups is 2. The largest absolute Gasteiger partial charge is 0.444 e. The molecule has 0 saturated carbocycles. The summed E-state index contributed by atoms with van der Waals surface area (Å²) < 4.78 is 20.5. The number of halogens is 2. The molecular weight excluding hydrogens is 457 g/mol. The number of piperidine rings is 1. The summed E-state index contributed by atoms with van der Waals surface area (Å²) in [6, 6.07) is 11.5. The van der Waals surface area contributed by atoms with E-state index in [1.54, 1.807) is 46.3 Å². The number of carbonyl (C=O) groups excluding carboxylic acids is 2. The highest BCUT2D eigenvalue weighted by atomic mass is 35.5. The van der Waals surface area contributed by atoms with Crippen LogP contribution in [0, 0.1) is 5.82 Å². The summed E-state index contributed by atoms with van der Waals surface area (Å²) in [5.41, 5.74) is 1.45. The monoisotopic (exact) mass is 481 g/mol. The normalized spacial score (nSPS) is 19.7. The molecule has 2 amide bonds. The smallest absolute Gasteiger partial charge is 0.410 e. The third-order valence-electron chi connectivity index (χ3n) is 6.30. The molecule has 3 aliphatic heterocycles. The summed E-state index contributed by atoms with van der Waals surface area (Å²) in [5, 5.41) is 1.38. The zero-order valence-electron chi connectivity index (χ0n) is 19.2. The van der Waals surface area contributed by atoms with E-state index in [4.69, 9.17) is 16.3 Å². The second kappa shape index (κ2) is 8.24. The van der Waals surface area contributed by atoms with Gasteiger partial charge in [-0.15, -0.1) is 0 Å². The number of ether oxygens (including phenoxy) is 1. The molecule has 3 fully saturated rings. The second-order valence-electron chi connectivity index (χ2n) is 9.86. The van der Waals surface area contributed by atoms with Gasteiger partial charge >= 0.3 is 6.09 Å². The molecule has 6 nitrogen and oxygen atoms in total. The molecule has 34 heavy (non-hydrogen) atoms. The lowest BCUT2D eigenvalue weighted by molar-refractivity contribution is -0.0558. The topological polar surface area (TPSA) is 62.7 Å². The molecule has 0 N–H and O–H groups in total. The highest BCUT2D eigenvalue weighted by Crippen LogP contribution is 2.35. The molecule has 8 heteroatoms. The van der Waals surface area contributed by atoms with Gasteiger partial charge in [0.15, 0.2) is 0 Å². The van der Waals surface area contributed by atoms with Crippen LogP contribution >= 0.6 is 11.6 Å². The van der Waals surface area contributed by atoms with Crippen LogP contribution in [-0.4, -0.2) is 57.6 Å². The predicted molar refractivity (Wildman–Crippen MR) is 128 cm³/mol. The van der Waals surface area contributed by atoms with E-state index in [1.807, 2.05) is 26.8 Å². The number of benzene rings is 2. The zero-order chi connectivity index (χ0) is 24.2. The Hall–Kier alpha value is -3.19. The van der Waals surface area contributed by atoms with E-state index < -0.39 is 11.4 Å². The van der Waals surface area contributed by atoms with E-state index in [-0.39, 0.29) is 24.1 Å². The molecule has 0 unspecified atom stereocenters. The van der Waals surface area contributed by atoms with Gasteiger partial charge in [-0.1, -0.05) is 29.8 Å². The number of hydrogen-bond donors (Lipinski definition) is 0. The van der Waals surface area contributed by atoms with Crippen LogP contribution < -0.4 is 0 Å². The van der Waals surface area contributed by atoms with Gasteiger partial charge in [0.25, 0.3) is 5.91 Å². The fraction of sp³-hybridized carbons (Fsp3) is 0.346. The van der Waals surface area contributed by atoms with Gasteiger partial charge in [-0.25, -0.2) is 9.18 Å². The summed E-state index contributed by atoms with van der Waals surface area (Å²) in [6.45, 7) is 6.32. The maximum atomic E-state index is 15.1. The van der Waals surface area contributed by atoms with Crippen LogP contribution in [0.15, 0.2) is 48.7 Å². The molecular formula is C26H25ClFN3O3. The van der Waals surface area contributed by atoms with E-state index in [0.29, 0.717) is 40.3 Å². The van der Waals surface area contributed by atoms with Gasteiger partial charge in [-0.3, -0.25) is 9.78 Å². The zero-order valence-corrected chi connectivity index (χ0v) is 20.0. The van der Waals surface area contributed by atoms with Gasteiger partial charge in [0.2, 0.25) is 0 Å². The van der Waals surface area contributed by atoms with Crippen molar-refractivity contribution in [3.63, 3.8) is 0 Å². The minimum Gasteiger partial charge on any atom is -0.444 e. The van der Waals surface area contributed by atoms with Gasteiger partial charge in [0.1, 0.15) is 11.4 Å². The number of amides is 2. The number of aromatic nitrogens is 1. The molecule has 6 rings (SSSR count). The lowest BCUT2D eigenvalue weighted by Gasteiger charge is -2.56. The number of nitrogens with zero attached hydrogens (tertiary/aromatic N) is 3. The summed E-state index contributed by atoms with van der Waals surface area (Å²) in [6.07, 6.45) is 2.08. The Kier molecular flexibility index (Phi) is 5.47. The Bertz CT molecular complexity index is 1290. The SMILES string of the molecule is CC(C)(C)OC(=O)N1C[C@H]2C[C@@H](C1)N2C(=O)c1ccc(-c2ccc3c(Cl)ccnc3c2)c(F)c1. The van der Waals surface area contributed by atoms with E-state index >= 15 is 4.39 Å². The van der Waals surface area contributed by atoms with Crippen molar-refractivity contribution >= 4 is 34.5 Å². The average Bonchev–Trinajstić information content (AvgIpc) is 2.78. The third kappa shape index (κ3) is 4.09. The number of hydrogen-bond acceptors (Lipinski definition) is 4. The van der Waals surface area contributed by atoms with E-state index in [2.05, 4.69) is 4.98 Å². The van der Waals surface area contributed by atoms with E-state index in [9.17, 15) is 9.59 Å². The molecule has 1 aromatic heterocycles. The quantitative estimate of drug-likeness (QED) is 0.483. The number of pyridine rings is 1. The standard InChI is InChI=1S/C26H25ClFN3O3/c1-26(2,3)34-25(33)30-13-17-12-18(14-30)31(17)24(32)16-5-6-19(22(28)10-16)15-4-7-20-21(27)8-9-29-23(20)11-15/h4-11,17-18H,12-14H2,1-3H3/t17-,18+. The van der Waals surface area contributed by atoms with Crippen LogP contribution in [0.5, 0.6) is 0 Å². The summed E-state index contributed by atoms with van der Waals surface area (Å²) in [5.74, 6) is -0.698. The van der Waals surface area contributed by atoms with Gasteiger partial charge in [-0.05, 0) is 57.0 Å². The molecule has 3 aliphatic rings. The number of fused-ring (bicyclic) bond motifs is 3. The van der Waals surface area contributed by atoms with Crippen LogP contribution in [0.2, 0.25) is 5.02 Å². The minimum atomic E-state index is -0.569. The molecule has 4 heterocycles. The molecule has 2 bridgehead atoms. The van der Waals surface area contributed by atoms with Crippen molar-refractivity contribution in [2.24, 2.45) is 0 Å². The van der Waals surface area contributed by atoms with Crippen molar-refractivity contribution in [3.8, 4) is 11.1 Å². The first-order chi connectivity index (χ1) is 16.1. The second-order valence-corrected chi connectivity index (χ2v) is 10.3. The molecule has 2 aromatic carbocycles. The molecule has 3 aromatic rings. The lowest BCUT2D eigenvalue weighted by Crippen LogP contribution is -2.71. The van der Waals surface area contributed by atoms with Gasteiger partial charge < -0.3 is 14.5 Å². The van der Waals surface area contributed by atoms with Crippen LogP contribution in [0.3, 0.4) is 0 Å². The minimum absolute atomic E-state index is 0.0854.